The minimum atomic E-state index is 0.942. The van der Waals surface area contributed by atoms with Crippen LogP contribution in [0.15, 0.2) is 29.7 Å². The summed E-state index contributed by atoms with van der Waals surface area (Å²) in [7, 11) is 0. The first-order valence-electron chi connectivity index (χ1n) is 3.51. The summed E-state index contributed by atoms with van der Waals surface area (Å²) < 4.78 is 4.17. The molecule has 1 heterocycles. The molecule has 0 fully saturated rings. The van der Waals surface area contributed by atoms with Gasteiger partial charge < -0.3 is 0 Å². The van der Waals surface area contributed by atoms with E-state index < -0.39 is 0 Å². The Bertz CT molecular complexity index is 247. The fraction of sp³-hybridized carbons (Fsp3) is 0.222. The normalized spacial score (nSPS) is 11.5. The maximum absolute atomic E-state index is 4.17. The molecule has 0 radical (unpaired) electrons. The third kappa shape index (κ3) is 2.68. The van der Waals surface area contributed by atoms with Gasteiger partial charge in [-0.3, -0.25) is 0 Å². The van der Waals surface area contributed by atoms with Gasteiger partial charge in [0, 0.05) is 5.38 Å². The van der Waals surface area contributed by atoms with E-state index in [2.05, 4.69) is 24.0 Å². The Hall–Kier alpha value is -0.890. The van der Waals surface area contributed by atoms with Gasteiger partial charge in [0.1, 0.15) is 0 Å². The van der Waals surface area contributed by atoms with Crippen LogP contribution in [0.25, 0.3) is 6.08 Å². The first kappa shape index (κ1) is 8.21. The van der Waals surface area contributed by atoms with E-state index in [1.54, 1.807) is 0 Å². The smallest absolute Gasteiger partial charge is 0.0767 e. The Kier molecular flexibility index (Phi) is 3.05. The zero-order valence-electron chi connectivity index (χ0n) is 6.58. The standard InChI is InChI=1S/C9H11NS/c1-3-4-8(2)7-9-5-6-11-10-9/h3,5-7H,1,4H2,2H3. The third-order valence-corrected chi connectivity index (χ3v) is 1.89. The van der Waals surface area contributed by atoms with Crippen molar-refractivity contribution in [3.63, 3.8) is 0 Å². The molecule has 0 aliphatic heterocycles. The number of rotatable bonds is 3. The second kappa shape index (κ2) is 4.09. The van der Waals surface area contributed by atoms with Gasteiger partial charge in [0.15, 0.2) is 0 Å². The highest BCUT2D eigenvalue weighted by atomic mass is 32.1. The lowest BCUT2D eigenvalue weighted by atomic mass is 10.2. The summed E-state index contributed by atoms with van der Waals surface area (Å²) in [5.74, 6) is 0. The molecule has 0 saturated carbocycles. The molecule has 0 spiro atoms. The molecule has 0 atom stereocenters. The van der Waals surface area contributed by atoms with Crippen LogP contribution in [0.1, 0.15) is 19.0 Å². The molecule has 11 heavy (non-hydrogen) atoms. The first-order valence-corrected chi connectivity index (χ1v) is 4.35. The van der Waals surface area contributed by atoms with Crippen molar-refractivity contribution in [3.05, 3.63) is 35.4 Å². The SMILES string of the molecule is C=CCC(C)=Cc1ccsn1. The number of nitrogens with zero attached hydrogens (tertiary/aromatic N) is 1. The van der Waals surface area contributed by atoms with E-state index in [1.165, 1.54) is 17.1 Å². The quantitative estimate of drug-likeness (QED) is 0.627. The maximum Gasteiger partial charge on any atom is 0.0767 e. The van der Waals surface area contributed by atoms with Gasteiger partial charge in [-0.2, -0.15) is 4.37 Å². The van der Waals surface area contributed by atoms with E-state index in [0.717, 1.165) is 12.1 Å². The molecule has 1 rings (SSSR count). The van der Waals surface area contributed by atoms with Crippen LogP contribution in [0.3, 0.4) is 0 Å². The van der Waals surface area contributed by atoms with Crippen LogP contribution < -0.4 is 0 Å². The average Bonchev–Trinajstić information content (AvgIpc) is 2.40. The van der Waals surface area contributed by atoms with Crippen LogP contribution >= 0.6 is 11.5 Å². The molecule has 2 heteroatoms. The Labute approximate surface area is 71.2 Å². The second-order valence-corrected chi connectivity index (χ2v) is 3.07. The van der Waals surface area contributed by atoms with E-state index >= 15 is 0 Å². The number of hydrogen-bond donors (Lipinski definition) is 0. The van der Waals surface area contributed by atoms with E-state index in [1.807, 2.05) is 17.5 Å². The van der Waals surface area contributed by atoms with Gasteiger partial charge in [0.05, 0.1) is 5.69 Å². The highest BCUT2D eigenvalue weighted by Crippen LogP contribution is 2.08. The van der Waals surface area contributed by atoms with Gasteiger partial charge in [0.2, 0.25) is 0 Å². The molecule has 0 unspecified atom stereocenters. The largest absolute Gasteiger partial charge is 0.193 e. The summed E-state index contributed by atoms with van der Waals surface area (Å²) in [5.41, 5.74) is 2.35. The van der Waals surface area contributed by atoms with Crippen molar-refractivity contribution in [2.24, 2.45) is 0 Å². The fourth-order valence-electron chi connectivity index (χ4n) is 0.835. The van der Waals surface area contributed by atoms with Crippen LogP contribution in [0, 0.1) is 0 Å². The van der Waals surface area contributed by atoms with Gasteiger partial charge in [0.25, 0.3) is 0 Å². The maximum atomic E-state index is 4.17. The lowest BCUT2D eigenvalue weighted by molar-refractivity contribution is 1.23. The summed E-state index contributed by atoms with van der Waals surface area (Å²) in [6, 6.07) is 2.01. The van der Waals surface area contributed by atoms with Gasteiger partial charge in [-0.05, 0) is 37.0 Å². The van der Waals surface area contributed by atoms with E-state index in [0.29, 0.717) is 0 Å². The molecule has 0 bridgehead atoms. The van der Waals surface area contributed by atoms with Crippen LogP contribution in [0.2, 0.25) is 0 Å². The van der Waals surface area contributed by atoms with Crippen LogP contribution in [-0.2, 0) is 0 Å². The lowest BCUT2D eigenvalue weighted by Gasteiger charge is -1.91. The minimum Gasteiger partial charge on any atom is -0.193 e. The average molecular weight is 165 g/mol. The van der Waals surface area contributed by atoms with Crippen molar-refractivity contribution in [2.45, 2.75) is 13.3 Å². The summed E-state index contributed by atoms with van der Waals surface area (Å²) in [6.45, 7) is 5.76. The molecule has 1 nitrogen and oxygen atoms in total. The fourth-order valence-corrected chi connectivity index (χ4v) is 1.33. The van der Waals surface area contributed by atoms with Gasteiger partial charge in [-0.15, -0.1) is 6.58 Å². The minimum absolute atomic E-state index is 0.942. The Balaban J connectivity index is 2.65. The number of aromatic nitrogens is 1. The van der Waals surface area contributed by atoms with E-state index in [-0.39, 0.29) is 0 Å². The zero-order valence-corrected chi connectivity index (χ0v) is 7.40. The van der Waals surface area contributed by atoms with Crippen LogP contribution in [0.5, 0.6) is 0 Å². The topological polar surface area (TPSA) is 12.9 Å². The molecule has 1 aromatic heterocycles. The highest BCUT2D eigenvalue weighted by molar-refractivity contribution is 7.03. The van der Waals surface area contributed by atoms with Crippen molar-refractivity contribution in [1.29, 1.82) is 0 Å². The van der Waals surface area contributed by atoms with E-state index in [9.17, 15) is 0 Å². The molecule has 0 N–H and O–H groups in total. The number of hydrogen-bond acceptors (Lipinski definition) is 2. The Morgan fingerprint density at radius 3 is 3.18 bits per heavy atom. The monoisotopic (exact) mass is 165 g/mol. The molecular weight excluding hydrogens is 154 g/mol. The van der Waals surface area contributed by atoms with Crippen molar-refractivity contribution in [2.75, 3.05) is 0 Å². The summed E-state index contributed by atoms with van der Waals surface area (Å²) in [4.78, 5) is 0. The summed E-state index contributed by atoms with van der Waals surface area (Å²) in [6.07, 6.45) is 4.92. The summed E-state index contributed by atoms with van der Waals surface area (Å²) >= 11 is 1.48. The van der Waals surface area contributed by atoms with Gasteiger partial charge >= 0.3 is 0 Å². The molecule has 1 aromatic rings. The second-order valence-electron chi connectivity index (χ2n) is 2.41. The molecule has 58 valence electrons. The van der Waals surface area contributed by atoms with Crippen molar-refractivity contribution < 1.29 is 0 Å². The van der Waals surface area contributed by atoms with Crippen LogP contribution in [0.4, 0.5) is 0 Å². The van der Waals surface area contributed by atoms with Crippen molar-refractivity contribution in [1.82, 2.24) is 4.37 Å². The van der Waals surface area contributed by atoms with E-state index in [4.69, 9.17) is 0 Å². The highest BCUT2D eigenvalue weighted by Gasteiger charge is 1.89. The van der Waals surface area contributed by atoms with Crippen molar-refractivity contribution in [3.8, 4) is 0 Å². The molecule has 0 aliphatic rings. The number of allylic oxidation sites excluding steroid dienone is 2. The zero-order chi connectivity index (χ0) is 8.10. The van der Waals surface area contributed by atoms with Gasteiger partial charge in [-0.25, -0.2) is 0 Å². The Morgan fingerprint density at radius 2 is 2.64 bits per heavy atom. The van der Waals surface area contributed by atoms with Crippen LogP contribution in [-0.4, -0.2) is 4.37 Å². The van der Waals surface area contributed by atoms with Crippen molar-refractivity contribution >= 4 is 17.6 Å². The molecule has 0 saturated heterocycles. The molecule has 0 amide bonds. The van der Waals surface area contributed by atoms with Gasteiger partial charge in [-0.1, -0.05) is 11.6 Å². The predicted molar refractivity (Wildman–Crippen MR) is 50.6 cm³/mol. The summed E-state index contributed by atoms with van der Waals surface area (Å²) in [5, 5.41) is 1.98. The molecular formula is C9H11NS. The third-order valence-electron chi connectivity index (χ3n) is 1.32. The predicted octanol–water partition coefficient (Wildman–Crippen LogP) is 3.12. The molecule has 0 aromatic carbocycles. The molecule has 0 aliphatic carbocycles. The first-order chi connectivity index (χ1) is 5.33. The Morgan fingerprint density at radius 1 is 1.82 bits per heavy atom. The lowest BCUT2D eigenvalue weighted by Crippen LogP contribution is -1.73.